The quantitative estimate of drug-likeness (QED) is 0.644. The first-order chi connectivity index (χ1) is 15.0. The van der Waals surface area contributed by atoms with Crippen LogP contribution in [0.3, 0.4) is 0 Å². The molecule has 7 heteroatoms. The molecule has 0 spiro atoms. The van der Waals surface area contributed by atoms with Gasteiger partial charge in [-0.1, -0.05) is 25.1 Å². The van der Waals surface area contributed by atoms with Gasteiger partial charge in [0, 0.05) is 23.5 Å². The molecule has 0 amide bonds. The Balaban J connectivity index is 1.52. The van der Waals surface area contributed by atoms with Crippen molar-refractivity contribution in [3.05, 3.63) is 75.2 Å². The number of aromatic nitrogens is 2. The number of hydrogen-bond acceptors (Lipinski definition) is 6. The first-order valence-corrected chi connectivity index (χ1v) is 10.6. The number of aryl methyl sites for hydroxylation is 2. The summed E-state index contributed by atoms with van der Waals surface area (Å²) < 4.78 is 12.7. The lowest BCUT2D eigenvalue weighted by Crippen LogP contribution is -2.47. The van der Waals surface area contributed by atoms with Crippen LogP contribution >= 0.6 is 0 Å². The van der Waals surface area contributed by atoms with Gasteiger partial charge in [-0.05, 0) is 55.7 Å². The SMILES string of the molecule is CCc1ccc(N2CN(Cc3ccc4c(c3)OCO4)Cn3c2nc(C)c(C)c3=O)cc1. The Labute approximate surface area is 181 Å². The molecular weight excluding hydrogens is 392 g/mol. The summed E-state index contributed by atoms with van der Waals surface area (Å²) in [5.41, 5.74) is 4.89. The number of rotatable bonds is 4. The molecule has 0 unspecified atom stereocenters. The number of hydrogen-bond donors (Lipinski definition) is 0. The summed E-state index contributed by atoms with van der Waals surface area (Å²) in [6, 6.07) is 14.5. The molecule has 0 radical (unpaired) electrons. The van der Waals surface area contributed by atoms with E-state index in [9.17, 15) is 4.79 Å². The Morgan fingerprint density at radius 1 is 0.968 bits per heavy atom. The van der Waals surface area contributed by atoms with Crippen molar-refractivity contribution in [1.29, 1.82) is 0 Å². The van der Waals surface area contributed by atoms with Crippen molar-refractivity contribution >= 4 is 11.6 Å². The molecule has 160 valence electrons. The van der Waals surface area contributed by atoms with Gasteiger partial charge in [0.2, 0.25) is 12.7 Å². The summed E-state index contributed by atoms with van der Waals surface area (Å²) in [5.74, 6) is 2.24. The zero-order valence-corrected chi connectivity index (χ0v) is 18.1. The van der Waals surface area contributed by atoms with E-state index in [1.54, 1.807) is 4.57 Å². The fourth-order valence-electron chi connectivity index (χ4n) is 4.09. The predicted molar refractivity (Wildman–Crippen MR) is 119 cm³/mol. The molecule has 0 aliphatic carbocycles. The molecule has 0 atom stereocenters. The van der Waals surface area contributed by atoms with E-state index in [4.69, 9.17) is 14.5 Å². The first kappa shape index (κ1) is 19.6. The third-order valence-electron chi connectivity index (χ3n) is 6.04. The average Bonchev–Trinajstić information content (AvgIpc) is 3.26. The lowest BCUT2D eigenvalue weighted by atomic mass is 10.1. The molecule has 0 saturated carbocycles. The van der Waals surface area contributed by atoms with Gasteiger partial charge in [0.05, 0.1) is 13.3 Å². The molecule has 3 heterocycles. The van der Waals surface area contributed by atoms with Crippen LogP contribution in [0.2, 0.25) is 0 Å². The van der Waals surface area contributed by atoms with E-state index in [2.05, 4.69) is 41.0 Å². The third-order valence-corrected chi connectivity index (χ3v) is 6.04. The van der Waals surface area contributed by atoms with Crippen molar-refractivity contribution in [2.45, 2.75) is 40.4 Å². The smallest absolute Gasteiger partial charge is 0.259 e. The molecule has 0 saturated heterocycles. The molecule has 2 aliphatic rings. The Morgan fingerprint density at radius 2 is 1.71 bits per heavy atom. The maximum Gasteiger partial charge on any atom is 0.259 e. The zero-order chi connectivity index (χ0) is 21.5. The van der Waals surface area contributed by atoms with E-state index in [1.807, 2.05) is 32.0 Å². The minimum Gasteiger partial charge on any atom is -0.454 e. The topological polar surface area (TPSA) is 59.8 Å². The normalized spacial score (nSPS) is 15.3. The summed E-state index contributed by atoms with van der Waals surface area (Å²) in [6.45, 7) is 7.95. The summed E-state index contributed by atoms with van der Waals surface area (Å²) in [6.07, 6.45) is 0.989. The van der Waals surface area contributed by atoms with E-state index in [0.717, 1.165) is 34.9 Å². The Kier molecular flexibility index (Phi) is 4.90. The lowest BCUT2D eigenvalue weighted by molar-refractivity contribution is 0.173. The van der Waals surface area contributed by atoms with Crippen molar-refractivity contribution in [2.75, 3.05) is 18.4 Å². The van der Waals surface area contributed by atoms with Crippen molar-refractivity contribution in [1.82, 2.24) is 14.5 Å². The molecule has 7 nitrogen and oxygen atoms in total. The molecular formula is C24H26N4O3. The largest absolute Gasteiger partial charge is 0.454 e. The van der Waals surface area contributed by atoms with Crippen LogP contribution in [-0.4, -0.2) is 27.9 Å². The number of anilines is 2. The van der Waals surface area contributed by atoms with Gasteiger partial charge >= 0.3 is 0 Å². The molecule has 0 fully saturated rings. The molecule has 3 aromatic rings. The number of nitrogens with zero attached hydrogens (tertiary/aromatic N) is 4. The summed E-state index contributed by atoms with van der Waals surface area (Å²) in [7, 11) is 0. The molecule has 1 aromatic heterocycles. The third kappa shape index (κ3) is 3.55. The van der Waals surface area contributed by atoms with Crippen LogP contribution < -0.4 is 19.9 Å². The average molecular weight is 418 g/mol. The maximum absolute atomic E-state index is 13.1. The van der Waals surface area contributed by atoms with Crippen molar-refractivity contribution in [2.24, 2.45) is 0 Å². The highest BCUT2D eigenvalue weighted by Crippen LogP contribution is 2.34. The van der Waals surface area contributed by atoms with Gasteiger partial charge in [0.1, 0.15) is 0 Å². The van der Waals surface area contributed by atoms with E-state index in [1.165, 1.54) is 5.56 Å². The van der Waals surface area contributed by atoms with Gasteiger partial charge in [-0.3, -0.25) is 19.2 Å². The van der Waals surface area contributed by atoms with E-state index in [0.29, 0.717) is 31.4 Å². The van der Waals surface area contributed by atoms with E-state index < -0.39 is 0 Å². The predicted octanol–water partition coefficient (Wildman–Crippen LogP) is 3.72. The highest BCUT2D eigenvalue weighted by molar-refractivity contribution is 5.59. The monoisotopic (exact) mass is 418 g/mol. The molecule has 2 aromatic carbocycles. The van der Waals surface area contributed by atoms with Crippen LogP contribution in [0, 0.1) is 13.8 Å². The van der Waals surface area contributed by atoms with E-state index in [-0.39, 0.29) is 12.4 Å². The second-order valence-corrected chi connectivity index (χ2v) is 8.10. The minimum absolute atomic E-state index is 0.00747. The molecule has 5 rings (SSSR count). The summed E-state index contributed by atoms with van der Waals surface area (Å²) >= 11 is 0. The van der Waals surface area contributed by atoms with Crippen molar-refractivity contribution < 1.29 is 9.47 Å². The zero-order valence-electron chi connectivity index (χ0n) is 18.1. The van der Waals surface area contributed by atoms with Gasteiger partial charge in [-0.25, -0.2) is 4.98 Å². The maximum atomic E-state index is 13.1. The van der Waals surface area contributed by atoms with Crippen molar-refractivity contribution in [3.8, 4) is 11.5 Å². The van der Waals surface area contributed by atoms with E-state index >= 15 is 0 Å². The Bertz CT molecular complexity index is 1190. The van der Waals surface area contributed by atoms with Crippen LogP contribution in [0.25, 0.3) is 0 Å². The van der Waals surface area contributed by atoms with Gasteiger partial charge in [-0.15, -0.1) is 0 Å². The minimum atomic E-state index is 0.00747. The standard InChI is InChI=1S/C24H26N4O3/c1-4-18-5-8-20(9-6-18)27-13-26(12-19-7-10-21-22(11-19)31-15-30-21)14-28-23(29)16(2)17(3)25-24(27)28/h5-11H,4,12-15H2,1-3H3. The number of benzene rings is 2. The highest BCUT2D eigenvalue weighted by atomic mass is 16.7. The second-order valence-electron chi connectivity index (χ2n) is 8.10. The van der Waals surface area contributed by atoms with Gasteiger partial charge in [0.25, 0.3) is 5.56 Å². The van der Waals surface area contributed by atoms with Crippen molar-refractivity contribution in [3.63, 3.8) is 0 Å². The summed E-state index contributed by atoms with van der Waals surface area (Å²) in [5, 5.41) is 0. The number of ether oxygens (including phenoxy) is 2. The van der Waals surface area contributed by atoms with Crippen LogP contribution in [0.1, 0.15) is 29.3 Å². The fourth-order valence-corrected chi connectivity index (χ4v) is 4.09. The summed E-state index contributed by atoms with van der Waals surface area (Å²) in [4.78, 5) is 22.2. The Morgan fingerprint density at radius 3 is 2.48 bits per heavy atom. The molecule has 31 heavy (non-hydrogen) atoms. The Hall–Kier alpha value is -3.32. The van der Waals surface area contributed by atoms with Crippen LogP contribution in [-0.2, 0) is 19.6 Å². The highest BCUT2D eigenvalue weighted by Gasteiger charge is 2.27. The van der Waals surface area contributed by atoms with Crippen LogP contribution in [0.15, 0.2) is 47.3 Å². The fraction of sp³-hybridized carbons (Fsp3) is 0.333. The number of fused-ring (bicyclic) bond motifs is 2. The van der Waals surface area contributed by atoms with Crippen LogP contribution in [0.5, 0.6) is 11.5 Å². The van der Waals surface area contributed by atoms with Gasteiger partial charge < -0.3 is 9.47 Å². The molecule has 0 N–H and O–H groups in total. The van der Waals surface area contributed by atoms with Gasteiger partial charge in [0.15, 0.2) is 11.5 Å². The molecule has 0 bridgehead atoms. The van der Waals surface area contributed by atoms with Crippen LogP contribution in [0.4, 0.5) is 11.6 Å². The van der Waals surface area contributed by atoms with Gasteiger partial charge in [-0.2, -0.15) is 0 Å². The lowest BCUT2D eigenvalue weighted by Gasteiger charge is -2.38. The first-order valence-electron chi connectivity index (χ1n) is 10.6. The molecule has 2 aliphatic heterocycles. The second kappa shape index (κ2) is 7.74.